The van der Waals surface area contributed by atoms with Gasteiger partial charge >= 0.3 is 0 Å². The minimum absolute atomic E-state index is 0.696. The van der Waals surface area contributed by atoms with Crippen LogP contribution >= 0.6 is 31.9 Å². The summed E-state index contributed by atoms with van der Waals surface area (Å²) in [6.45, 7) is 0. The molecule has 0 aliphatic heterocycles. The zero-order valence-corrected chi connectivity index (χ0v) is 10.3. The Bertz CT molecular complexity index is 465. The highest BCUT2D eigenvalue weighted by Crippen LogP contribution is 2.31. The van der Waals surface area contributed by atoms with Crippen LogP contribution in [0, 0.1) is 0 Å². The van der Waals surface area contributed by atoms with Crippen molar-refractivity contribution in [1.29, 1.82) is 0 Å². The Balaban J connectivity index is 2.52. The van der Waals surface area contributed by atoms with Crippen molar-refractivity contribution < 1.29 is 4.42 Å². The molecule has 0 aliphatic rings. The monoisotopic (exact) mass is 315 g/mol. The van der Waals surface area contributed by atoms with Crippen molar-refractivity contribution in [2.24, 2.45) is 0 Å². The maximum Gasteiger partial charge on any atom is 0.169 e. The summed E-state index contributed by atoms with van der Waals surface area (Å²) in [5.74, 6) is 0.766. The minimum atomic E-state index is 0.696. The van der Waals surface area contributed by atoms with Gasteiger partial charge in [-0.25, -0.2) is 0 Å². The van der Waals surface area contributed by atoms with Crippen LogP contribution in [-0.4, -0.2) is 0 Å². The standard InChI is InChI=1S/C10H7Br2NO/c11-6-1-2-7(8(13)5-6)9-3-4-10(12)14-9/h1-5H,13H2. The van der Waals surface area contributed by atoms with Crippen LogP contribution in [0.1, 0.15) is 0 Å². The van der Waals surface area contributed by atoms with Gasteiger partial charge in [-0.3, -0.25) is 0 Å². The maximum atomic E-state index is 5.86. The fraction of sp³-hybridized carbons (Fsp3) is 0. The normalized spacial score (nSPS) is 10.4. The second-order valence-electron chi connectivity index (χ2n) is 2.84. The van der Waals surface area contributed by atoms with E-state index in [0.29, 0.717) is 10.4 Å². The Morgan fingerprint density at radius 1 is 1.07 bits per heavy atom. The number of nitrogen functional groups attached to an aromatic ring is 1. The lowest BCUT2D eigenvalue weighted by atomic mass is 10.1. The molecule has 72 valence electrons. The summed E-state index contributed by atoms with van der Waals surface area (Å²) >= 11 is 6.61. The molecule has 0 saturated carbocycles. The molecule has 2 N–H and O–H groups in total. The SMILES string of the molecule is Nc1cc(Br)ccc1-c1ccc(Br)o1. The number of halogens is 2. The predicted octanol–water partition coefficient (Wildman–Crippen LogP) is 4.05. The molecule has 0 unspecified atom stereocenters. The number of benzene rings is 1. The molecule has 2 nitrogen and oxygen atoms in total. The van der Waals surface area contributed by atoms with E-state index in [1.165, 1.54) is 0 Å². The number of rotatable bonds is 1. The summed E-state index contributed by atoms with van der Waals surface area (Å²) in [5.41, 5.74) is 7.45. The van der Waals surface area contributed by atoms with Crippen LogP contribution in [0.25, 0.3) is 11.3 Å². The van der Waals surface area contributed by atoms with E-state index >= 15 is 0 Å². The molecule has 1 aromatic heterocycles. The zero-order valence-electron chi connectivity index (χ0n) is 7.13. The highest BCUT2D eigenvalue weighted by Gasteiger charge is 2.06. The molecule has 0 bridgehead atoms. The Hall–Kier alpha value is -0.740. The first kappa shape index (κ1) is 9.80. The average Bonchev–Trinajstić information content (AvgIpc) is 2.51. The molecule has 14 heavy (non-hydrogen) atoms. The average molecular weight is 317 g/mol. The minimum Gasteiger partial charge on any atom is -0.449 e. The van der Waals surface area contributed by atoms with Gasteiger partial charge < -0.3 is 10.2 Å². The van der Waals surface area contributed by atoms with Crippen LogP contribution < -0.4 is 5.73 Å². The summed E-state index contributed by atoms with van der Waals surface area (Å²) in [6, 6.07) is 9.43. The molecule has 0 saturated heterocycles. The summed E-state index contributed by atoms with van der Waals surface area (Å²) < 4.78 is 7.08. The maximum absolute atomic E-state index is 5.86. The van der Waals surface area contributed by atoms with E-state index in [0.717, 1.165) is 15.8 Å². The molecule has 4 heteroatoms. The van der Waals surface area contributed by atoms with Gasteiger partial charge in [-0.2, -0.15) is 0 Å². The smallest absolute Gasteiger partial charge is 0.169 e. The molecule has 0 atom stereocenters. The van der Waals surface area contributed by atoms with Crippen molar-refractivity contribution in [1.82, 2.24) is 0 Å². The van der Waals surface area contributed by atoms with Crippen molar-refractivity contribution >= 4 is 37.5 Å². The number of anilines is 1. The van der Waals surface area contributed by atoms with Gasteiger partial charge in [-0.1, -0.05) is 15.9 Å². The molecule has 2 aromatic rings. The molecule has 0 aliphatic carbocycles. The quantitative estimate of drug-likeness (QED) is 0.806. The first-order chi connectivity index (χ1) is 6.66. The number of furan rings is 1. The largest absolute Gasteiger partial charge is 0.449 e. The molecule has 0 spiro atoms. The fourth-order valence-corrected chi connectivity index (χ4v) is 1.90. The van der Waals surface area contributed by atoms with Gasteiger partial charge in [0, 0.05) is 15.7 Å². The molecule has 0 amide bonds. The van der Waals surface area contributed by atoms with Crippen LogP contribution in [0.3, 0.4) is 0 Å². The topological polar surface area (TPSA) is 39.2 Å². The van der Waals surface area contributed by atoms with Gasteiger partial charge in [0.05, 0.1) is 0 Å². The van der Waals surface area contributed by atoms with E-state index in [1.807, 2.05) is 30.3 Å². The molecular weight excluding hydrogens is 310 g/mol. The highest BCUT2D eigenvalue weighted by atomic mass is 79.9. The number of hydrogen-bond donors (Lipinski definition) is 1. The van der Waals surface area contributed by atoms with Gasteiger partial charge in [-0.05, 0) is 46.3 Å². The first-order valence-electron chi connectivity index (χ1n) is 3.97. The Kier molecular flexibility index (Phi) is 2.65. The second kappa shape index (κ2) is 3.79. The van der Waals surface area contributed by atoms with Crippen LogP contribution in [0.5, 0.6) is 0 Å². The predicted molar refractivity (Wildman–Crippen MR) is 64.0 cm³/mol. The molecule has 0 fully saturated rings. The van der Waals surface area contributed by atoms with Crippen molar-refractivity contribution in [2.75, 3.05) is 5.73 Å². The lowest BCUT2D eigenvalue weighted by Crippen LogP contribution is -1.88. The van der Waals surface area contributed by atoms with Gasteiger partial charge in [0.25, 0.3) is 0 Å². The lowest BCUT2D eigenvalue weighted by Gasteiger charge is -2.02. The van der Waals surface area contributed by atoms with Crippen LogP contribution in [0.2, 0.25) is 0 Å². The fourth-order valence-electron chi connectivity index (χ4n) is 1.22. The van der Waals surface area contributed by atoms with E-state index in [1.54, 1.807) is 0 Å². The summed E-state index contributed by atoms with van der Waals surface area (Å²) in [5, 5.41) is 0. The van der Waals surface area contributed by atoms with Crippen molar-refractivity contribution in [3.8, 4) is 11.3 Å². The van der Waals surface area contributed by atoms with E-state index in [-0.39, 0.29) is 0 Å². The number of hydrogen-bond acceptors (Lipinski definition) is 2. The summed E-state index contributed by atoms with van der Waals surface area (Å²) in [4.78, 5) is 0. The Labute approximate surface area is 98.4 Å². The third-order valence-electron chi connectivity index (χ3n) is 1.85. The van der Waals surface area contributed by atoms with Crippen LogP contribution in [0.4, 0.5) is 5.69 Å². The molecule has 1 aromatic carbocycles. The molecule has 0 radical (unpaired) electrons. The summed E-state index contributed by atoms with van der Waals surface area (Å²) in [6.07, 6.45) is 0. The van der Waals surface area contributed by atoms with Gasteiger partial charge in [0.1, 0.15) is 5.76 Å². The second-order valence-corrected chi connectivity index (χ2v) is 4.53. The molecule has 2 rings (SSSR count). The zero-order chi connectivity index (χ0) is 10.1. The Morgan fingerprint density at radius 2 is 1.86 bits per heavy atom. The van der Waals surface area contributed by atoms with E-state index in [9.17, 15) is 0 Å². The van der Waals surface area contributed by atoms with Gasteiger partial charge in [-0.15, -0.1) is 0 Å². The lowest BCUT2D eigenvalue weighted by molar-refractivity contribution is 0.556. The number of nitrogens with two attached hydrogens (primary N) is 1. The van der Waals surface area contributed by atoms with Crippen LogP contribution in [-0.2, 0) is 0 Å². The summed E-state index contributed by atoms with van der Waals surface area (Å²) in [7, 11) is 0. The van der Waals surface area contributed by atoms with E-state index in [2.05, 4.69) is 31.9 Å². The van der Waals surface area contributed by atoms with E-state index in [4.69, 9.17) is 10.2 Å². The van der Waals surface area contributed by atoms with Crippen molar-refractivity contribution in [2.45, 2.75) is 0 Å². The van der Waals surface area contributed by atoms with E-state index < -0.39 is 0 Å². The van der Waals surface area contributed by atoms with Crippen molar-refractivity contribution in [3.05, 3.63) is 39.5 Å². The highest BCUT2D eigenvalue weighted by molar-refractivity contribution is 9.10. The van der Waals surface area contributed by atoms with Gasteiger partial charge in [0.2, 0.25) is 0 Å². The molecule has 1 heterocycles. The van der Waals surface area contributed by atoms with Crippen molar-refractivity contribution in [3.63, 3.8) is 0 Å². The third-order valence-corrected chi connectivity index (χ3v) is 2.77. The Morgan fingerprint density at radius 3 is 2.43 bits per heavy atom. The first-order valence-corrected chi connectivity index (χ1v) is 5.56. The molecular formula is C10H7Br2NO. The third kappa shape index (κ3) is 1.86. The van der Waals surface area contributed by atoms with Crippen LogP contribution in [0.15, 0.2) is 43.9 Å². The van der Waals surface area contributed by atoms with Gasteiger partial charge in [0.15, 0.2) is 4.67 Å².